The zero-order valence-electron chi connectivity index (χ0n) is 13.6. The third-order valence-electron chi connectivity index (χ3n) is 3.57. The monoisotopic (exact) mass is 436 g/mol. The number of carbonyl (C=O) groups excluding carboxylic acids is 1. The van der Waals surface area contributed by atoms with Gasteiger partial charge in [-0.3, -0.25) is 9.79 Å². The lowest BCUT2D eigenvalue weighted by Gasteiger charge is -2.24. The molecule has 1 amide bonds. The Bertz CT molecular complexity index is 487. The van der Waals surface area contributed by atoms with E-state index in [1.54, 1.807) is 19.2 Å². The van der Waals surface area contributed by atoms with Crippen LogP contribution < -0.4 is 10.6 Å². The zero-order valence-corrected chi connectivity index (χ0v) is 15.9. The van der Waals surface area contributed by atoms with Gasteiger partial charge in [0.05, 0.1) is 12.9 Å². The standard InChI is InChI=1S/C15H24N4O3.HI/c1-16-15(19(2)10-12-5-9-21-11-12)18-7-6-17-14(20)13-4-3-8-22-13;/h3-4,8,12H,5-7,9-11H2,1-2H3,(H,16,18)(H,17,20);1H. The number of guanidine groups is 1. The predicted molar refractivity (Wildman–Crippen MR) is 99.4 cm³/mol. The molecule has 0 aliphatic carbocycles. The van der Waals surface area contributed by atoms with Crippen molar-refractivity contribution in [2.24, 2.45) is 10.9 Å². The first-order chi connectivity index (χ1) is 10.7. The summed E-state index contributed by atoms with van der Waals surface area (Å²) in [7, 11) is 3.76. The maximum absolute atomic E-state index is 11.7. The highest BCUT2D eigenvalue weighted by Crippen LogP contribution is 2.13. The SMILES string of the molecule is CN=C(NCCNC(=O)c1ccco1)N(C)CC1CCOC1.I. The molecule has 7 nitrogen and oxygen atoms in total. The van der Waals surface area contributed by atoms with Crippen LogP contribution in [0, 0.1) is 5.92 Å². The van der Waals surface area contributed by atoms with Gasteiger partial charge in [0.2, 0.25) is 0 Å². The van der Waals surface area contributed by atoms with Crippen LogP contribution in [-0.4, -0.2) is 63.7 Å². The number of amides is 1. The fourth-order valence-corrected chi connectivity index (χ4v) is 2.43. The first kappa shape index (κ1) is 19.8. The number of ether oxygens (including phenoxy) is 1. The maximum Gasteiger partial charge on any atom is 0.287 e. The van der Waals surface area contributed by atoms with Crippen LogP contribution in [0.3, 0.4) is 0 Å². The van der Waals surface area contributed by atoms with Crippen LogP contribution in [-0.2, 0) is 4.74 Å². The number of carbonyl (C=O) groups is 1. The molecule has 1 unspecified atom stereocenters. The number of hydrogen-bond donors (Lipinski definition) is 2. The van der Waals surface area contributed by atoms with E-state index in [0.29, 0.717) is 24.8 Å². The molecule has 1 saturated heterocycles. The third kappa shape index (κ3) is 6.38. The van der Waals surface area contributed by atoms with E-state index in [4.69, 9.17) is 9.15 Å². The van der Waals surface area contributed by atoms with E-state index in [1.165, 1.54) is 6.26 Å². The number of nitrogens with zero attached hydrogens (tertiary/aromatic N) is 2. The number of halogens is 1. The molecule has 2 rings (SSSR count). The van der Waals surface area contributed by atoms with E-state index >= 15 is 0 Å². The first-order valence-corrected chi connectivity index (χ1v) is 7.52. The van der Waals surface area contributed by atoms with E-state index in [-0.39, 0.29) is 29.9 Å². The van der Waals surface area contributed by atoms with Crippen molar-refractivity contribution in [2.45, 2.75) is 6.42 Å². The minimum absolute atomic E-state index is 0. The molecule has 0 saturated carbocycles. The topological polar surface area (TPSA) is 79.1 Å². The van der Waals surface area contributed by atoms with Crippen molar-refractivity contribution in [1.29, 1.82) is 0 Å². The smallest absolute Gasteiger partial charge is 0.287 e. The molecule has 0 bridgehead atoms. The summed E-state index contributed by atoms with van der Waals surface area (Å²) in [5.41, 5.74) is 0. The molecule has 2 N–H and O–H groups in total. The highest BCUT2D eigenvalue weighted by molar-refractivity contribution is 14.0. The second kappa shape index (κ2) is 10.5. The Kier molecular flexibility index (Phi) is 9.00. The minimum Gasteiger partial charge on any atom is -0.459 e. The van der Waals surface area contributed by atoms with E-state index < -0.39 is 0 Å². The Morgan fingerprint density at radius 1 is 1.43 bits per heavy atom. The highest BCUT2D eigenvalue weighted by Gasteiger charge is 2.18. The van der Waals surface area contributed by atoms with Crippen molar-refractivity contribution >= 4 is 35.8 Å². The lowest BCUT2D eigenvalue weighted by atomic mass is 10.1. The van der Waals surface area contributed by atoms with Crippen molar-refractivity contribution in [3.05, 3.63) is 24.2 Å². The van der Waals surface area contributed by atoms with Crippen LogP contribution in [0.2, 0.25) is 0 Å². The van der Waals surface area contributed by atoms with Crippen molar-refractivity contribution in [3.8, 4) is 0 Å². The van der Waals surface area contributed by atoms with Gasteiger partial charge >= 0.3 is 0 Å². The summed E-state index contributed by atoms with van der Waals surface area (Å²) in [6, 6.07) is 3.33. The van der Waals surface area contributed by atoms with Gasteiger partial charge in [0.25, 0.3) is 5.91 Å². The summed E-state index contributed by atoms with van der Waals surface area (Å²) in [4.78, 5) is 18.0. The maximum atomic E-state index is 11.7. The molecule has 1 atom stereocenters. The Labute approximate surface area is 153 Å². The molecule has 130 valence electrons. The predicted octanol–water partition coefficient (Wildman–Crippen LogP) is 1.17. The third-order valence-corrected chi connectivity index (χ3v) is 3.57. The molecule has 1 aliphatic rings. The normalized spacial score (nSPS) is 17.5. The van der Waals surface area contributed by atoms with Gasteiger partial charge in [0.15, 0.2) is 11.7 Å². The summed E-state index contributed by atoms with van der Waals surface area (Å²) in [5.74, 6) is 1.49. The quantitative estimate of drug-likeness (QED) is 0.303. The number of hydrogen-bond acceptors (Lipinski definition) is 4. The van der Waals surface area contributed by atoms with Gasteiger partial charge in [0.1, 0.15) is 0 Å². The van der Waals surface area contributed by atoms with E-state index in [0.717, 1.165) is 32.1 Å². The van der Waals surface area contributed by atoms with E-state index in [9.17, 15) is 4.79 Å². The van der Waals surface area contributed by atoms with Crippen LogP contribution in [0.15, 0.2) is 27.8 Å². The van der Waals surface area contributed by atoms with Gasteiger partial charge in [0, 0.05) is 46.3 Å². The van der Waals surface area contributed by atoms with Gasteiger partial charge in [-0.15, -0.1) is 24.0 Å². The molecule has 1 aromatic heterocycles. The molecular weight excluding hydrogens is 411 g/mol. The zero-order chi connectivity index (χ0) is 15.8. The number of aliphatic imine (C=N–C) groups is 1. The lowest BCUT2D eigenvalue weighted by Crippen LogP contribution is -2.44. The van der Waals surface area contributed by atoms with Crippen LogP contribution in [0.25, 0.3) is 0 Å². The van der Waals surface area contributed by atoms with Crippen molar-refractivity contribution in [3.63, 3.8) is 0 Å². The number of furan rings is 1. The van der Waals surface area contributed by atoms with Crippen LogP contribution >= 0.6 is 24.0 Å². The van der Waals surface area contributed by atoms with Crippen molar-refractivity contribution in [2.75, 3.05) is 46.9 Å². The minimum atomic E-state index is -0.210. The Morgan fingerprint density at radius 3 is 2.83 bits per heavy atom. The van der Waals surface area contributed by atoms with Crippen molar-refractivity contribution < 1.29 is 13.9 Å². The van der Waals surface area contributed by atoms with E-state index in [1.807, 2.05) is 7.05 Å². The molecule has 0 aromatic carbocycles. The Balaban J connectivity index is 0.00000264. The van der Waals surface area contributed by atoms with Gasteiger partial charge in [-0.05, 0) is 18.6 Å². The second-order valence-corrected chi connectivity index (χ2v) is 5.32. The summed E-state index contributed by atoms with van der Waals surface area (Å²) < 4.78 is 10.4. The molecule has 8 heteroatoms. The van der Waals surface area contributed by atoms with Gasteiger partial charge < -0.3 is 24.7 Å². The molecule has 0 radical (unpaired) electrons. The van der Waals surface area contributed by atoms with Crippen LogP contribution in [0.1, 0.15) is 17.0 Å². The summed E-state index contributed by atoms with van der Waals surface area (Å²) >= 11 is 0. The largest absolute Gasteiger partial charge is 0.459 e. The van der Waals surface area contributed by atoms with Crippen LogP contribution in [0.4, 0.5) is 0 Å². The summed E-state index contributed by atoms with van der Waals surface area (Å²) in [6.07, 6.45) is 2.58. The van der Waals surface area contributed by atoms with Gasteiger partial charge in [-0.2, -0.15) is 0 Å². The van der Waals surface area contributed by atoms with Gasteiger partial charge in [-0.25, -0.2) is 0 Å². The molecular formula is C15H25IN4O3. The molecule has 1 fully saturated rings. The number of nitrogens with one attached hydrogen (secondary N) is 2. The highest BCUT2D eigenvalue weighted by atomic mass is 127. The van der Waals surface area contributed by atoms with E-state index in [2.05, 4.69) is 20.5 Å². The molecule has 23 heavy (non-hydrogen) atoms. The molecule has 1 aliphatic heterocycles. The second-order valence-electron chi connectivity index (χ2n) is 5.32. The first-order valence-electron chi connectivity index (χ1n) is 7.52. The van der Waals surface area contributed by atoms with Crippen molar-refractivity contribution in [1.82, 2.24) is 15.5 Å². The Morgan fingerprint density at radius 2 is 2.22 bits per heavy atom. The molecule has 1 aromatic rings. The average molecular weight is 436 g/mol. The Hall–Kier alpha value is -1.29. The van der Waals surface area contributed by atoms with Gasteiger partial charge in [-0.1, -0.05) is 0 Å². The fraction of sp³-hybridized carbons (Fsp3) is 0.600. The molecule has 2 heterocycles. The van der Waals surface area contributed by atoms with Crippen LogP contribution in [0.5, 0.6) is 0 Å². The summed E-state index contributed by atoms with van der Waals surface area (Å²) in [5, 5.41) is 6.02. The average Bonchev–Trinajstić information content (AvgIpc) is 3.20. The number of rotatable bonds is 6. The lowest BCUT2D eigenvalue weighted by molar-refractivity contribution is 0.0926. The molecule has 0 spiro atoms. The summed E-state index contributed by atoms with van der Waals surface area (Å²) in [6.45, 7) is 3.69. The fourth-order valence-electron chi connectivity index (χ4n) is 2.43.